The molecule has 1 aromatic carbocycles. The summed E-state index contributed by atoms with van der Waals surface area (Å²) in [5, 5.41) is 8.67. The molecule has 0 N–H and O–H groups in total. The molecule has 0 heterocycles. The van der Waals surface area contributed by atoms with Crippen LogP contribution in [0.1, 0.15) is 15.9 Å². The van der Waals surface area contributed by atoms with Crippen LogP contribution >= 0.6 is 11.6 Å². The van der Waals surface area contributed by atoms with Crippen LogP contribution in [0.15, 0.2) is 24.3 Å². The van der Waals surface area contributed by atoms with Crippen LogP contribution in [0, 0.1) is 11.3 Å². The van der Waals surface area contributed by atoms with Crippen molar-refractivity contribution >= 4 is 17.5 Å². The van der Waals surface area contributed by atoms with Crippen LogP contribution in [0.5, 0.6) is 0 Å². The first kappa shape index (κ1) is 14.5. The molecular weight excluding hydrogens is 252 g/mol. The van der Waals surface area contributed by atoms with Crippen molar-refractivity contribution in [2.75, 3.05) is 32.7 Å². The van der Waals surface area contributed by atoms with E-state index >= 15 is 0 Å². The Hall–Kier alpha value is -1.57. The molecule has 0 saturated carbocycles. The predicted molar refractivity (Wildman–Crippen MR) is 69.7 cm³/mol. The highest BCUT2D eigenvalue weighted by molar-refractivity contribution is 6.17. The Labute approximate surface area is 112 Å². The smallest absolute Gasteiger partial charge is 0.253 e. The lowest BCUT2D eigenvalue weighted by Crippen LogP contribution is -2.30. The average Bonchev–Trinajstić information content (AvgIpc) is 2.42. The van der Waals surface area contributed by atoms with Crippen molar-refractivity contribution in [1.82, 2.24) is 4.90 Å². The van der Waals surface area contributed by atoms with E-state index in [4.69, 9.17) is 21.6 Å². The summed E-state index contributed by atoms with van der Waals surface area (Å²) in [7, 11) is 1.71. The minimum atomic E-state index is -0.0889. The Balaban J connectivity index is 2.49. The number of carbonyl (C=O) groups excluding carboxylic acids is 1. The summed E-state index contributed by atoms with van der Waals surface area (Å²) in [6, 6.07) is 8.57. The molecule has 5 heteroatoms. The molecule has 0 radical (unpaired) electrons. The molecule has 18 heavy (non-hydrogen) atoms. The van der Waals surface area contributed by atoms with E-state index in [2.05, 4.69) is 0 Å². The number of ether oxygens (including phenoxy) is 1. The molecule has 1 amide bonds. The molecule has 1 rings (SSSR count). The molecular formula is C13H15ClN2O2. The van der Waals surface area contributed by atoms with Gasteiger partial charge in [-0.25, -0.2) is 0 Å². The summed E-state index contributed by atoms with van der Waals surface area (Å²) in [6.45, 7) is 1.46. The number of hydrogen-bond acceptors (Lipinski definition) is 3. The fourth-order valence-corrected chi connectivity index (χ4v) is 1.48. The molecule has 0 aromatic heterocycles. The van der Waals surface area contributed by atoms with Crippen LogP contribution in [-0.2, 0) is 4.74 Å². The number of rotatable bonds is 6. The highest BCUT2D eigenvalue weighted by atomic mass is 35.5. The van der Waals surface area contributed by atoms with Crippen molar-refractivity contribution in [3.8, 4) is 6.07 Å². The molecule has 0 fully saturated rings. The number of likely N-dealkylation sites (N-methyl/N-ethyl adjacent to an activating group) is 1. The summed E-state index contributed by atoms with van der Waals surface area (Å²) in [5.74, 6) is 0.363. The molecule has 0 atom stereocenters. The third-order valence-corrected chi connectivity index (χ3v) is 2.55. The van der Waals surface area contributed by atoms with Gasteiger partial charge in [0.1, 0.15) is 0 Å². The Bertz CT molecular complexity index is 426. The van der Waals surface area contributed by atoms with E-state index in [0.29, 0.717) is 36.8 Å². The standard InChI is InChI=1S/C13H15ClN2O2/c1-16(7-9-18-8-6-14)13(17)12-4-2-11(10-15)3-5-12/h2-5H,6-9H2,1H3. The summed E-state index contributed by atoms with van der Waals surface area (Å²) >= 11 is 5.47. The lowest BCUT2D eigenvalue weighted by atomic mass is 10.1. The van der Waals surface area contributed by atoms with E-state index in [1.54, 1.807) is 36.2 Å². The van der Waals surface area contributed by atoms with E-state index in [1.165, 1.54) is 0 Å². The number of carbonyl (C=O) groups is 1. The maximum atomic E-state index is 12.0. The first-order valence-electron chi connectivity index (χ1n) is 5.58. The first-order valence-corrected chi connectivity index (χ1v) is 6.12. The second-order valence-corrected chi connectivity index (χ2v) is 4.10. The maximum absolute atomic E-state index is 12.0. The van der Waals surface area contributed by atoms with E-state index in [9.17, 15) is 4.79 Å². The monoisotopic (exact) mass is 266 g/mol. The first-order chi connectivity index (χ1) is 8.69. The van der Waals surface area contributed by atoms with Crippen LogP contribution < -0.4 is 0 Å². The molecule has 0 aliphatic heterocycles. The molecule has 0 spiro atoms. The van der Waals surface area contributed by atoms with E-state index in [-0.39, 0.29) is 5.91 Å². The van der Waals surface area contributed by atoms with E-state index in [1.807, 2.05) is 6.07 Å². The SMILES string of the molecule is CN(CCOCCCl)C(=O)c1ccc(C#N)cc1. The molecule has 4 nitrogen and oxygen atoms in total. The Morgan fingerprint density at radius 2 is 2.06 bits per heavy atom. The van der Waals surface area contributed by atoms with E-state index in [0.717, 1.165) is 0 Å². The van der Waals surface area contributed by atoms with Gasteiger partial charge in [0.2, 0.25) is 0 Å². The third kappa shape index (κ3) is 4.36. The van der Waals surface area contributed by atoms with Crippen molar-refractivity contribution in [2.45, 2.75) is 0 Å². The van der Waals surface area contributed by atoms with Gasteiger partial charge in [0.05, 0.1) is 24.8 Å². The molecule has 0 aliphatic carbocycles. The number of benzene rings is 1. The summed E-state index contributed by atoms with van der Waals surface area (Å²) < 4.78 is 5.21. The van der Waals surface area contributed by atoms with Gasteiger partial charge in [0.25, 0.3) is 5.91 Å². The van der Waals surface area contributed by atoms with Gasteiger partial charge in [-0.15, -0.1) is 11.6 Å². The van der Waals surface area contributed by atoms with Crippen molar-refractivity contribution < 1.29 is 9.53 Å². The number of halogens is 1. The summed E-state index contributed by atoms with van der Waals surface area (Å²) in [4.78, 5) is 13.5. The second-order valence-electron chi connectivity index (χ2n) is 3.72. The van der Waals surface area contributed by atoms with Gasteiger partial charge in [-0.05, 0) is 24.3 Å². The number of hydrogen-bond donors (Lipinski definition) is 0. The second kappa shape index (κ2) is 7.70. The third-order valence-electron chi connectivity index (χ3n) is 2.40. The summed E-state index contributed by atoms with van der Waals surface area (Å²) in [6.07, 6.45) is 0. The van der Waals surface area contributed by atoms with Crippen LogP contribution in [0.2, 0.25) is 0 Å². The largest absolute Gasteiger partial charge is 0.378 e. The molecule has 1 aromatic rings. The number of alkyl halides is 1. The van der Waals surface area contributed by atoms with Gasteiger partial charge in [-0.3, -0.25) is 4.79 Å². The zero-order valence-corrected chi connectivity index (χ0v) is 11.0. The predicted octanol–water partition coefficient (Wildman–Crippen LogP) is 1.89. The maximum Gasteiger partial charge on any atom is 0.253 e. The van der Waals surface area contributed by atoms with Crippen LogP contribution in [-0.4, -0.2) is 43.5 Å². The van der Waals surface area contributed by atoms with Gasteiger partial charge >= 0.3 is 0 Å². The topological polar surface area (TPSA) is 53.3 Å². The molecule has 0 bridgehead atoms. The number of nitriles is 1. The van der Waals surface area contributed by atoms with Crippen molar-refractivity contribution in [1.29, 1.82) is 5.26 Å². The van der Waals surface area contributed by atoms with Crippen LogP contribution in [0.4, 0.5) is 0 Å². The van der Waals surface area contributed by atoms with Gasteiger partial charge in [0, 0.05) is 25.0 Å². The van der Waals surface area contributed by atoms with Gasteiger partial charge in [-0.2, -0.15) is 5.26 Å². The highest BCUT2D eigenvalue weighted by Gasteiger charge is 2.10. The lowest BCUT2D eigenvalue weighted by Gasteiger charge is -2.17. The molecule has 96 valence electrons. The van der Waals surface area contributed by atoms with Gasteiger partial charge in [0.15, 0.2) is 0 Å². The zero-order chi connectivity index (χ0) is 13.4. The summed E-state index contributed by atoms with van der Waals surface area (Å²) in [5.41, 5.74) is 1.11. The molecule has 0 aliphatic rings. The number of amides is 1. The van der Waals surface area contributed by atoms with E-state index < -0.39 is 0 Å². The highest BCUT2D eigenvalue weighted by Crippen LogP contribution is 2.06. The minimum absolute atomic E-state index is 0.0889. The Morgan fingerprint density at radius 1 is 1.39 bits per heavy atom. The molecule has 0 saturated heterocycles. The minimum Gasteiger partial charge on any atom is -0.378 e. The quantitative estimate of drug-likeness (QED) is 0.584. The average molecular weight is 267 g/mol. The fraction of sp³-hybridized carbons (Fsp3) is 0.385. The molecule has 0 unspecified atom stereocenters. The van der Waals surface area contributed by atoms with Crippen molar-refractivity contribution in [2.24, 2.45) is 0 Å². The lowest BCUT2D eigenvalue weighted by molar-refractivity contribution is 0.0712. The fourth-order valence-electron chi connectivity index (χ4n) is 1.37. The Kier molecular flexibility index (Phi) is 6.20. The van der Waals surface area contributed by atoms with Crippen molar-refractivity contribution in [3.05, 3.63) is 35.4 Å². The van der Waals surface area contributed by atoms with Crippen LogP contribution in [0.3, 0.4) is 0 Å². The Morgan fingerprint density at radius 3 is 2.61 bits per heavy atom. The number of nitrogens with zero attached hydrogens (tertiary/aromatic N) is 2. The van der Waals surface area contributed by atoms with Gasteiger partial charge in [-0.1, -0.05) is 0 Å². The normalized spacial score (nSPS) is 9.83. The van der Waals surface area contributed by atoms with Gasteiger partial charge < -0.3 is 9.64 Å². The zero-order valence-electron chi connectivity index (χ0n) is 10.2. The van der Waals surface area contributed by atoms with Crippen LogP contribution in [0.25, 0.3) is 0 Å². The van der Waals surface area contributed by atoms with Crippen molar-refractivity contribution in [3.63, 3.8) is 0 Å².